The van der Waals surface area contributed by atoms with Gasteiger partial charge in [-0.25, -0.2) is 4.98 Å². The summed E-state index contributed by atoms with van der Waals surface area (Å²) in [6.45, 7) is 4.57. The molecule has 1 amide bonds. The standard InChI is InChI=1S/C23H22ClN5O2/c1-15-6-7-20-25-21-18(22(30)29(20)14-15)13-19(26(21)2)23(31)28-10-8-27(9-11-28)17-5-3-4-16(24)12-17/h3-7,12-14H,8-11H2,1-2H3. The van der Waals surface area contributed by atoms with Crippen LogP contribution in [0.3, 0.4) is 0 Å². The maximum absolute atomic E-state index is 13.3. The lowest BCUT2D eigenvalue weighted by molar-refractivity contribution is 0.0737. The normalized spacial score (nSPS) is 14.5. The summed E-state index contributed by atoms with van der Waals surface area (Å²) in [7, 11) is 1.79. The molecule has 0 spiro atoms. The van der Waals surface area contributed by atoms with Crippen molar-refractivity contribution in [3.63, 3.8) is 0 Å². The first-order chi connectivity index (χ1) is 14.9. The van der Waals surface area contributed by atoms with Crippen molar-refractivity contribution in [2.24, 2.45) is 7.05 Å². The van der Waals surface area contributed by atoms with Gasteiger partial charge in [-0.3, -0.25) is 14.0 Å². The first-order valence-corrected chi connectivity index (χ1v) is 10.6. The number of hydrogen-bond acceptors (Lipinski definition) is 4. The van der Waals surface area contributed by atoms with Gasteiger partial charge in [0, 0.05) is 50.1 Å². The highest BCUT2D eigenvalue weighted by Gasteiger charge is 2.26. The minimum Gasteiger partial charge on any atom is -0.368 e. The van der Waals surface area contributed by atoms with E-state index in [4.69, 9.17) is 11.6 Å². The van der Waals surface area contributed by atoms with Crippen LogP contribution in [0.1, 0.15) is 16.1 Å². The molecular weight excluding hydrogens is 414 g/mol. The van der Waals surface area contributed by atoms with E-state index in [2.05, 4.69) is 9.88 Å². The highest BCUT2D eigenvalue weighted by molar-refractivity contribution is 6.30. The molecule has 1 aliphatic heterocycles. The number of pyridine rings is 1. The van der Waals surface area contributed by atoms with E-state index in [9.17, 15) is 9.59 Å². The van der Waals surface area contributed by atoms with E-state index in [0.29, 0.717) is 40.5 Å². The van der Waals surface area contributed by atoms with Crippen LogP contribution in [-0.4, -0.2) is 50.9 Å². The topological polar surface area (TPSA) is 62.9 Å². The molecule has 0 N–H and O–H groups in total. The molecule has 1 fully saturated rings. The summed E-state index contributed by atoms with van der Waals surface area (Å²) in [5.41, 5.74) is 3.43. The largest absolute Gasteiger partial charge is 0.368 e. The molecule has 31 heavy (non-hydrogen) atoms. The zero-order chi connectivity index (χ0) is 21.7. The van der Waals surface area contributed by atoms with Crippen LogP contribution < -0.4 is 10.5 Å². The summed E-state index contributed by atoms with van der Waals surface area (Å²) < 4.78 is 3.26. The fourth-order valence-corrected chi connectivity index (χ4v) is 4.37. The number of aryl methyl sites for hydroxylation is 2. The number of rotatable bonds is 2. The van der Waals surface area contributed by atoms with Crippen molar-refractivity contribution in [1.82, 2.24) is 18.9 Å². The van der Waals surface area contributed by atoms with Crippen molar-refractivity contribution >= 4 is 39.9 Å². The molecule has 5 rings (SSSR count). The zero-order valence-electron chi connectivity index (χ0n) is 17.4. The molecule has 7 nitrogen and oxygen atoms in total. The second-order valence-corrected chi connectivity index (χ2v) is 8.37. The molecule has 3 aromatic heterocycles. The number of carbonyl (C=O) groups is 1. The minimum absolute atomic E-state index is 0.0871. The number of hydrogen-bond donors (Lipinski definition) is 0. The fraction of sp³-hybridized carbons (Fsp3) is 0.261. The molecule has 0 saturated carbocycles. The van der Waals surface area contributed by atoms with Gasteiger partial charge in [0.05, 0.1) is 5.39 Å². The third kappa shape index (κ3) is 3.35. The van der Waals surface area contributed by atoms with Crippen LogP contribution in [0.2, 0.25) is 5.02 Å². The molecule has 1 aliphatic rings. The Balaban J connectivity index is 1.44. The van der Waals surface area contributed by atoms with E-state index in [-0.39, 0.29) is 11.5 Å². The molecule has 1 saturated heterocycles. The maximum Gasteiger partial charge on any atom is 0.270 e. The van der Waals surface area contributed by atoms with E-state index in [1.807, 2.05) is 48.2 Å². The fourth-order valence-electron chi connectivity index (χ4n) is 4.18. The van der Waals surface area contributed by atoms with Gasteiger partial charge in [-0.2, -0.15) is 0 Å². The van der Waals surface area contributed by atoms with Gasteiger partial charge in [-0.1, -0.05) is 23.7 Å². The molecule has 0 atom stereocenters. The summed E-state index contributed by atoms with van der Waals surface area (Å²) in [4.78, 5) is 34.9. The quantitative estimate of drug-likeness (QED) is 0.485. The number of amides is 1. The van der Waals surface area contributed by atoms with Crippen LogP contribution in [0.5, 0.6) is 0 Å². The van der Waals surface area contributed by atoms with Gasteiger partial charge in [0.15, 0.2) is 0 Å². The molecule has 1 aromatic carbocycles. The van der Waals surface area contributed by atoms with Gasteiger partial charge in [0.25, 0.3) is 11.5 Å². The Morgan fingerprint density at radius 3 is 2.58 bits per heavy atom. The minimum atomic E-state index is -0.163. The Morgan fingerprint density at radius 1 is 1.06 bits per heavy atom. The van der Waals surface area contributed by atoms with Crippen LogP contribution in [0.4, 0.5) is 5.69 Å². The van der Waals surface area contributed by atoms with Gasteiger partial charge >= 0.3 is 0 Å². The number of aromatic nitrogens is 3. The van der Waals surface area contributed by atoms with Gasteiger partial charge in [-0.15, -0.1) is 0 Å². The average molecular weight is 436 g/mol. The lowest BCUT2D eigenvalue weighted by Gasteiger charge is -2.36. The summed E-state index contributed by atoms with van der Waals surface area (Å²) in [5.74, 6) is -0.0871. The Bertz CT molecular complexity index is 1380. The van der Waals surface area contributed by atoms with E-state index >= 15 is 0 Å². The van der Waals surface area contributed by atoms with E-state index in [1.54, 1.807) is 23.9 Å². The van der Waals surface area contributed by atoms with Gasteiger partial charge in [0.1, 0.15) is 17.0 Å². The van der Waals surface area contributed by atoms with E-state index in [1.165, 1.54) is 4.40 Å². The average Bonchev–Trinajstić information content (AvgIpc) is 3.11. The molecule has 158 valence electrons. The summed E-state index contributed by atoms with van der Waals surface area (Å²) in [6.07, 6.45) is 1.77. The Kier molecular flexibility index (Phi) is 4.70. The number of anilines is 1. The third-order valence-electron chi connectivity index (χ3n) is 5.90. The van der Waals surface area contributed by atoms with Crippen molar-refractivity contribution in [3.8, 4) is 0 Å². The van der Waals surface area contributed by atoms with E-state index in [0.717, 1.165) is 24.3 Å². The SMILES string of the molecule is Cc1ccc2nc3c(cc(C(=O)N4CCN(c5cccc(Cl)c5)CC4)n3C)c(=O)n2c1. The van der Waals surface area contributed by atoms with Crippen LogP contribution in [0, 0.1) is 6.92 Å². The maximum atomic E-state index is 13.3. The van der Waals surface area contributed by atoms with Crippen LogP contribution in [0.25, 0.3) is 16.7 Å². The molecule has 8 heteroatoms. The summed E-state index contributed by atoms with van der Waals surface area (Å²) in [6, 6.07) is 13.2. The highest BCUT2D eigenvalue weighted by atomic mass is 35.5. The van der Waals surface area contributed by atoms with Crippen LogP contribution in [-0.2, 0) is 7.05 Å². The number of halogens is 1. The number of piperazine rings is 1. The highest BCUT2D eigenvalue weighted by Crippen LogP contribution is 2.22. The second kappa shape index (κ2) is 7.42. The Hall–Kier alpha value is -3.32. The number of benzene rings is 1. The predicted octanol–water partition coefficient (Wildman–Crippen LogP) is 3.11. The van der Waals surface area contributed by atoms with Gasteiger partial charge in [-0.05, 0) is 42.8 Å². The van der Waals surface area contributed by atoms with E-state index < -0.39 is 0 Å². The lowest BCUT2D eigenvalue weighted by atomic mass is 10.2. The van der Waals surface area contributed by atoms with Crippen LogP contribution in [0.15, 0.2) is 53.5 Å². The molecule has 4 heterocycles. The Labute approximate surface area is 184 Å². The first-order valence-electron chi connectivity index (χ1n) is 10.2. The predicted molar refractivity (Wildman–Crippen MR) is 122 cm³/mol. The number of nitrogens with zero attached hydrogens (tertiary/aromatic N) is 5. The van der Waals surface area contributed by atoms with Gasteiger partial charge in [0.2, 0.25) is 0 Å². The van der Waals surface area contributed by atoms with Crippen molar-refractivity contribution in [3.05, 3.63) is 75.3 Å². The first kappa shape index (κ1) is 19.6. The molecular formula is C23H22ClN5O2. The van der Waals surface area contributed by atoms with Crippen molar-refractivity contribution < 1.29 is 4.79 Å². The summed E-state index contributed by atoms with van der Waals surface area (Å²) >= 11 is 6.11. The number of carbonyl (C=O) groups excluding carboxylic acids is 1. The lowest BCUT2D eigenvalue weighted by Crippen LogP contribution is -2.49. The third-order valence-corrected chi connectivity index (χ3v) is 6.14. The van der Waals surface area contributed by atoms with Crippen molar-refractivity contribution in [1.29, 1.82) is 0 Å². The molecule has 4 aromatic rings. The van der Waals surface area contributed by atoms with Crippen LogP contribution >= 0.6 is 11.6 Å². The van der Waals surface area contributed by atoms with Crippen molar-refractivity contribution in [2.75, 3.05) is 31.1 Å². The smallest absolute Gasteiger partial charge is 0.270 e. The van der Waals surface area contributed by atoms with Gasteiger partial charge < -0.3 is 14.4 Å². The molecule has 0 bridgehead atoms. The summed E-state index contributed by atoms with van der Waals surface area (Å²) in [5, 5.41) is 1.15. The second-order valence-electron chi connectivity index (χ2n) is 7.94. The molecule has 0 unspecified atom stereocenters. The zero-order valence-corrected chi connectivity index (χ0v) is 18.1. The van der Waals surface area contributed by atoms with Crippen molar-refractivity contribution in [2.45, 2.75) is 6.92 Å². The molecule has 0 aliphatic carbocycles. The monoisotopic (exact) mass is 435 g/mol. The number of fused-ring (bicyclic) bond motifs is 2. The molecule has 0 radical (unpaired) electrons. The Morgan fingerprint density at radius 2 is 1.84 bits per heavy atom.